The van der Waals surface area contributed by atoms with Crippen molar-refractivity contribution in [2.45, 2.75) is 20.1 Å². The van der Waals surface area contributed by atoms with Crippen LogP contribution in [0.2, 0.25) is 0 Å². The van der Waals surface area contributed by atoms with Crippen molar-refractivity contribution in [3.05, 3.63) is 130 Å². The lowest BCUT2D eigenvalue weighted by Gasteiger charge is -2.22. The van der Waals surface area contributed by atoms with Crippen molar-refractivity contribution >= 4 is 68.8 Å². The number of methoxy groups -OCH3 is 1. The average molecular weight is 575 g/mol. The fourth-order valence-corrected chi connectivity index (χ4v) is 6.34. The summed E-state index contributed by atoms with van der Waals surface area (Å²) in [5.74, 6) is 1.57. The summed E-state index contributed by atoms with van der Waals surface area (Å²) in [5, 5.41) is 16.9. The van der Waals surface area contributed by atoms with E-state index in [1.807, 2.05) is 24.3 Å². The number of rotatable bonds is 4. The lowest BCUT2D eigenvalue weighted by atomic mass is 10.0. The molecule has 6 aromatic rings. The second-order valence-corrected chi connectivity index (χ2v) is 11.6. The predicted octanol–water partition coefficient (Wildman–Crippen LogP) is 10.7. The van der Waals surface area contributed by atoms with Crippen LogP contribution in [0.25, 0.3) is 68.8 Å². The van der Waals surface area contributed by atoms with E-state index in [-0.39, 0.29) is 6.29 Å². The van der Waals surface area contributed by atoms with Crippen molar-refractivity contribution in [1.29, 1.82) is 0 Å². The van der Waals surface area contributed by atoms with E-state index in [1.165, 1.54) is 54.9 Å². The molecule has 0 spiro atoms. The van der Waals surface area contributed by atoms with Crippen molar-refractivity contribution in [2.24, 2.45) is 5.92 Å². The molecule has 0 bridgehead atoms. The van der Waals surface area contributed by atoms with Gasteiger partial charge in [0.05, 0.1) is 0 Å². The first kappa shape index (κ1) is 27.7. The Morgan fingerprint density at radius 1 is 0.500 bits per heavy atom. The third kappa shape index (κ3) is 4.96. The largest absolute Gasteiger partial charge is 0.507 e. The van der Waals surface area contributed by atoms with Crippen LogP contribution in [0.5, 0.6) is 11.5 Å². The van der Waals surface area contributed by atoms with Gasteiger partial charge in [-0.1, -0.05) is 135 Å². The molecule has 44 heavy (non-hydrogen) atoms. The molecule has 0 saturated carbocycles. The highest BCUT2D eigenvalue weighted by Crippen LogP contribution is 2.38. The van der Waals surface area contributed by atoms with Crippen LogP contribution in [-0.4, -0.2) is 18.5 Å². The zero-order valence-electron chi connectivity index (χ0n) is 25.1. The molecule has 0 amide bonds. The van der Waals surface area contributed by atoms with Gasteiger partial charge in [-0.2, -0.15) is 0 Å². The normalized spacial score (nSPS) is 13.4. The van der Waals surface area contributed by atoms with E-state index >= 15 is 0 Å². The summed E-state index contributed by atoms with van der Waals surface area (Å²) in [4.78, 5) is 0. The van der Waals surface area contributed by atoms with Crippen molar-refractivity contribution in [2.75, 3.05) is 7.11 Å². The Labute approximate surface area is 258 Å². The molecule has 0 radical (unpaired) electrons. The number of phenolic OH excluding ortho intramolecular Hbond substituents is 1. The second kappa shape index (κ2) is 11.5. The summed E-state index contributed by atoms with van der Waals surface area (Å²) in [6.07, 6.45) is 12.6. The van der Waals surface area contributed by atoms with Crippen LogP contribution in [0.15, 0.2) is 97.1 Å². The van der Waals surface area contributed by atoms with Crippen LogP contribution in [0.1, 0.15) is 47.2 Å². The molecule has 1 unspecified atom stereocenters. The molecule has 3 aliphatic carbocycles. The molecule has 0 aliphatic heterocycles. The summed E-state index contributed by atoms with van der Waals surface area (Å²) < 4.78 is 11.4. The molecule has 216 valence electrons. The van der Waals surface area contributed by atoms with E-state index in [9.17, 15) is 5.11 Å². The SMILES string of the molecule is C1=Cc2cccc3cccc1c23.COC(Oc1ccc2c3c(cccc13)C=C2)C(C)C.Oc1ccc2c3c(cccc13)C=C2. The number of phenols is 1. The van der Waals surface area contributed by atoms with Gasteiger partial charge in [-0.05, 0) is 67.1 Å². The van der Waals surface area contributed by atoms with Gasteiger partial charge in [0.1, 0.15) is 11.5 Å². The van der Waals surface area contributed by atoms with Crippen LogP contribution in [0, 0.1) is 5.92 Å². The fraction of sp³-hybridized carbons (Fsp3) is 0.122. The molecule has 9 rings (SSSR count). The van der Waals surface area contributed by atoms with Crippen LogP contribution >= 0.6 is 0 Å². The smallest absolute Gasteiger partial charge is 0.201 e. The highest BCUT2D eigenvalue weighted by Gasteiger charge is 2.18. The first-order valence-electron chi connectivity index (χ1n) is 15.1. The molecule has 0 aromatic heterocycles. The Bertz CT molecular complexity index is 2070. The molecule has 0 saturated heterocycles. The van der Waals surface area contributed by atoms with E-state index in [1.54, 1.807) is 13.2 Å². The Morgan fingerprint density at radius 2 is 0.955 bits per heavy atom. The summed E-state index contributed by atoms with van der Waals surface area (Å²) in [5.41, 5.74) is 7.62. The van der Waals surface area contributed by atoms with Gasteiger partial charge >= 0.3 is 0 Å². The minimum atomic E-state index is -0.216. The highest BCUT2D eigenvalue weighted by atomic mass is 16.7. The Morgan fingerprint density at radius 3 is 1.50 bits per heavy atom. The Kier molecular flexibility index (Phi) is 7.25. The zero-order chi connectivity index (χ0) is 30.2. The van der Waals surface area contributed by atoms with E-state index in [0.717, 1.165) is 16.5 Å². The molecule has 3 aliphatic rings. The Balaban J connectivity index is 0.000000110. The average Bonchev–Trinajstić information content (AvgIpc) is 3.79. The van der Waals surface area contributed by atoms with Gasteiger partial charge in [-0.15, -0.1) is 0 Å². The van der Waals surface area contributed by atoms with Crippen LogP contribution < -0.4 is 4.74 Å². The Hall–Kier alpha value is -5.12. The molecular formula is C41H34O3. The molecule has 1 N–H and O–H groups in total. The summed E-state index contributed by atoms with van der Waals surface area (Å²) in [7, 11) is 1.69. The lowest BCUT2D eigenvalue weighted by molar-refractivity contribution is -0.0825. The van der Waals surface area contributed by atoms with Crippen LogP contribution in [0.3, 0.4) is 0 Å². The monoisotopic (exact) mass is 574 g/mol. The first-order valence-corrected chi connectivity index (χ1v) is 15.1. The minimum Gasteiger partial charge on any atom is -0.507 e. The molecule has 3 nitrogen and oxygen atoms in total. The minimum absolute atomic E-state index is 0.216. The fourth-order valence-electron chi connectivity index (χ4n) is 6.34. The molecule has 3 heteroatoms. The van der Waals surface area contributed by atoms with Gasteiger partial charge in [-0.3, -0.25) is 0 Å². The van der Waals surface area contributed by atoms with Crippen molar-refractivity contribution in [3.8, 4) is 11.5 Å². The molecular weight excluding hydrogens is 540 g/mol. The lowest BCUT2D eigenvalue weighted by Crippen LogP contribution is -2.25. The summed E-state index contributed by atoms with van der Waals surface area (Å²) in [6.45, 7) is 4.19. The third-order valence-electron chi connectivity index (χ3n) is 8.46. The number of benzene rings is 6. The summed E-state index contributed by atoms with van der Waals surface area (Å²) in [6, 6.07) is 33.0. The number of ether oxygens (including phenoxy) is 2. The topological polar surface area (TPSA) is 38.7 Å². The highest BCUT2D eigenvalue weighted by molar-refractivity contribution is 6.08. The number of aromatic hydroxyl groups is 1. The van der Waals surface area contributed by atoms with Gasteiger partial charge in [0.15, 0.2) is 0 Å². The van der Waals surface area contributed by atoms with Crippen LogP contribution in [-0.2, 0) is 4.74 Å². The molecule has 0 fully saturated rings. The molecule has 0 heterocycles. The maximum Gasteiger partial charge on any atom is 0.201 e. The van der Waals surface area contributed by atoms with Crippen molar-refractivity contribution in [3.63, 3.8) is 0 Å². The quantitative estimate of drug-likeness (QED) is 0.213. The first-order chi connectivity index (χ1) is 21.5. The molecule has 1 atom stereocenters. The van der Waals surface area contributed by atoms with E-state index in [4.69, 9.17) is 9.47 Å². The zero-order valence-corrected chi connectivity index (χ0v) is 25.1. The maximum absolute atomic E-state index is 9.62. The summed E-state index contributed by atoms with van der Waals surface area (Å²) >= 11 is 0. The third-order valence-corrected chi connectivity index (χ3v) is 8.46. The number of hydrogen-bond acceptors (Lipinski definition) is 3. The predicted molar refractivity (Wildman–Crippen MR) is 187 cm³/mol. The van der Waals surface area contributed by atoms with E-state index in [0.29, 0.717) is 11.7 Å². The van der Waals surface area contributed by atoms with Gasteiger partial charge < -0.3 is 14.6 Å². The van der Waals surface area contributed by atoms with Gasteiger partial charge in [0.25, 0.3) is 0 Å². The molecule has 6 aromatic carbocycles. The van der Waals surface area contributed by atoms with Crippen molar-refractivity contribution in [1.82, 2.24) is 0 Å². The van der Waals surface area contributed by atoms with Gasteiger partial charge in [0, 0.05) is 23.8 Å². The standard InChI is InChI=1S/C17H18O2.C12H8O.C12H8/c1-11(2)17(18-3)19-15-10-9-13-8-7-12-5-4-6-14(15)16(12)13;13-11-7-6-9-5-4-8-2-1-3-10(11)12(8)9;1-3-9-4-2-6-11-8-7-10(5-1)12(9)11/h4-11,17H,1-3H3;1-7,13H;1-8H. The van der Waals surface area contributed by atoms with E-state index in [2.05, 4.69) is 117 Å². The number of hydrogen-bond donors (Lipinski definition) is 1. The van der Waals surface area contributed by atoms with Gasteiger partial charge in [0.2, 0.25) is 6.29 Å². The van der Waals surface area contributed by atoms with E-state index < -0.39 is 0 Å². The van der Waals surface area contributed by atoms with Gasteiger partial charge in [-0.25, -0.2) is 0 Å². The second-order valence-electron chi connectivity index (χ2n) is 11.6. The van der Waals surface area contributed by atoms with Crippen molar-refractivity contribution < 1.29 is 14.6 Å². The maximum atomic E-state index is 9.62. The van der Waals surface area contributed by atoms with Crippen LogP contribution in [0.4, 0.5) is 0 Å².